The monoisotopic (exact) mass is 643 g/mol. The summed E-state index contributed by atoms with van der Waals surface area (Å²) in [5.74, 6) is -2.94. The number of hydrogen-bond donors (Lipinski definition) is 4. The van der Waals surface area contributed by atoms with Gasteiger partial charge in [-0.2, -0.15) is 12.6 Å². The van der Waals surface area contributed by atoms with E-state index in [1.807, 2.05) is 37.3 Å². The lowest BCUT2D eigenvalue weighted by Gasteiger charge is -2.25. The maximum atomic E-state index is 16.2. The second-order valence-electron chi connectivity index (χ2n) is 10.4. The van der Waals surface area contributed by atoms with Crippen LogP contribution in [-0.2, 0) is 37.4 Å². The van der Waals surface area contributed by atoms with Crippen molar-refractivity contribution < 1.29 is 32.3 Å². The van der Waals surface area contributed by atoms with Crippen molar-refractivity contribution >= 4 is 40.4 Å². The van der Waals surface area contributed by atoms with Crippen LogP contribution >= 0.6 is 12.6 Å². The highest BCUT2D eigenvalue weighted by Crippen LogP contribution is 2.32. The third kappa shape index (κ3) is 9.38. The Hall–Kier alpha value is -3.74. The Morgan fingerprint density at radius 1 is 0.977 bits per heavy atom. The normalized spacial score (nSPS) is 12.7. The molecule has 0 aliphatic rings. The van der Waals surface area contributed by atoms with Gasteiger partial charge in [-0.1, -0.05) is 79.7 Å². The highest BCUT2D eigenvalue weighted by atomic mass is 32.2. The first-order valence-electron chi connectivity index (χ1n) is 14.3. The van der Waals surface area contributed by atoms with Crippen LogP contribution in [0.25, 0.3) is 11.1 Å². The number of sulfonamides is 1. The number of benzene rings is 3. The van der Waals surface area contributed by atoms with Crippen molar-refractivity contribution in [1.29, 1.82) is 0 Å². The van der Waals surface area contributed by atoms with Crippen LogP contribution in [0, 0.1) is 11.7 Å². The molecule has 0 aliphatic heterocycles. The van der Waals surface area contributed by atoms with Crippen molar-refractivity contribution in [3.63, 3.8) is 0 Å². The third-order valence-electron chi connectivity index (χ3n) is 6.92. The van der Waals surface area contributed by atoms with Crippen molar-refractivity contribution in [3.05, 3.63) is 89.7 Å². The van der Waals surface area contributed by atoms with Crippen LogP contribution < -0.4 is 10.0 Å². The summed E-state index contributed by atoms with van der Waals surface area (Å²) in [6.45, 7) is 2.78. The number of carbonyl (C=O) groups is 3. The summed E-state index contributed by atoms with van der Waals surface area (Å²) < 4.78 is 44.5. The quantitative estimate of drug-likeness (QED) is 0.187. The summed E-state index contributed by atoms with van der Waals surface area (Å²) in [5, 5.41) is 12.4. The molecule has 0 aromatic heterocycles. The van der Waals surface area contributed by atoms with Crippen LogP contribution in [0.1, 0.15) is 37.8 Å². The molecule has 3 aromatic rings. The largest absolute Gasteiger partial charge is 0.384 e. The number of aliphatic hydroxyl groups is 1. The number of thiol groups is 1. The summed E-state index contributed by atoms with van der Waals surface area (Å²) in [7, 11) is -4.77. The Labute approximate surface area is 263 Å². The summed E-state index contributed by atoms with van der Waals surface area (Å²) >= 11 is 4.33. The molecule has 0 fully saturated rings. The Balaban J connectivity index is 1.87. The first kappa shape index (κ1) is 34.7. The molecule has 0 radical (unpaired) electrons. The zero-order valence-corrected chi connectivity index (χ0v) is 26.4. The van der Waals surface area contributed by atoms with E-state index in [1.54, 1.807) is 35.1 Å². The van der Waals surface area contributed by atoms with E-state index in [4.69, 9.17) is 0 Å². The molecular weight excluding hydrogens is 605 g/mol. The lowest BCUT2D eigenvalue weighted by Crippen LogP contribution is -2.41. The Morgan fingerprint density at radius 3 is 2.20 bits per heavy atom. The average Bonchev–Trinajstić information content (AvgIpc) is 3.00. The first-order chi connectivity index (χ1) is 21.0. The molecule has 3 N–H and O–H groups in total. The molecule has 3 aromatic carbocycles. The minimum Gasteiger partial charge on any atom is -0.384 e. The van der Waals surface area contributed by atoms with E-state index in [9.17, 15) is 27.9 Å². The van der Waals surface area contributed by atoms with Crippen LogP contribution in [0.4, 0.5) is 4.39 Å². The maximum Gasteiger partial charge on any atom is 0.267 e. The topological polar surface area (TPSA) is 133 Å². The molecule has 0 saturated heterocycles. The predicted octanol–water partition coefficient (Wildman–Crippen LogP) is 3.71. The minimum absolute atomic E-state index is 0.00709. The predicted molar refractivity (Wildman–Crippen MR) is 170 cm³/mol. The fourth-order valence-corrected chi connectivity index (χ4v) is 6.24. The Morgan fingerprint density at radius 2 is 1.61 bits per heavy atom. The molecule has 0 bridgehead atoms. The summed E-state index contributed by atoms with van der Waals surface area (Å²) in [5.41, 5.74) is 1.29. The number of halogens is 1. The van der Waals surface area contributed by atoms with Gasteiger partial charge in [0.05, 0.1) is 5.92 Å². The zero-order chi connectivity index (χ0) is 32.3. The second-order valence-corrected chi connectivity index (χ2v) is 12.3. The molecule has 12 heteroatoms. The fourth-order valence-electron chi connectivity index (χ4n) is 4.56. The van der Waals surface area contributed by atoms with Gasteiger partial charge in [-0.05, 0) is 30.9 Å². The second kappa shape index (κ2) is 16.4. The van der Waals surface area contributed by atoms with E-state index in [2.05, 4.69) is 17.9 Å². The van der Waals surface area contributed by atoms with E-state index in [-0.39, 0.29) is 49.0 Å². The number of aliphatic hydroxyl groups excluding tert-OH is 1. The van der Waals surface area contributed by atoms with Crippen LogP contribution in [0.2, 0.25) is 0 Å². The van der Waals surface area contributed by atoms with Gasteiger partial charge >= 0.3 is 0 Å². The number of rotatable bonds is 15. The Bertz CT molecular complexity index is 1540. The molecule has 0 unspecified atom stereocenters. The number of carbonyl (C=O) groups excluding carboxylic acids is 3. The molecule has 0 saturated carbocycles. The van der Waals surface area contributed by atoms with Gasteiger partial charge in [0.2, 0.25) is 11.8 Å². The van der Waals surface area contributed by atoms with Crippen molar-refractivity contribution in [1.82, 2.24) is 14.9 Å². The third-order valence-corrected chi connectivity index (χ3v) is 8.77. The lowest BCUT2D eigenvalue weighted by atomic mass is 10.0. The lowest BCUT2D eigenvalue weighted by molar-refractivity contribution is -0.132. The molecule has 2 atom stereocenters. The average molecular weight is 644 g/mol. The number of amides is 3. The van der Waals surface area contributed by atoms with Crippen LogP contribution in [-0.4, -0.2) is 61.1 Å². The van der Waals surface area contributed by atoms with Gasteiger partial charge in [-0.25, -0.2) is 17.5 Å². The van der Waals surface area contributed by atoms with Crippen molar-refractivity contribution in [2.45, 2.75) is 50.7 Å². The summed E-state index contributed by atoms with van der Waals surface area (Å²) in [6, 6.07) is 20.6. The van der Waals surface area contributed by atoms with Gasteiger partial charge in [-0.3, -0.25) is 14.4 Å². The van der Waals surface area contributed by atoms with Gasteiger partial charge in [0.1, 0.15) is 16.8 Å². The van der Waals surface area contributed by atoms with Gasteiger partial charge in [0.25, 0.3) is 15.9 Å². The van der Waals surface area contributed by atoms with E-state index < -0.39 is 38.7 Å². The molecule has 3 rings (SSSR count). The molecule has 44 heavy (non-hydrogen) atoms. The number of nitrogens with zero attached hydrogens (tertiary/aromatic N) is 1. The van der Waals surface area contributed by atoms with E-state index in [0.29, 0.717) is 24.2 Å². The van der Waals surface area contributed by atoms with Crippen LogP contribution in [0.5, 0.6) is 0 Å². The highest BCUT2D eigenvalue weighted by molar-refractivity contribution is 7.90. The highest BCUT2D eigenvalue weighted by Gasteiger charge is 2.30. The first-order valence-corrected chi connectivity index (χ1v) is 16.4. The smallest absolute Gasteiger partial charge is 0.267 e. The minimum atomic E-state index is -4.77. The van der Waals surface area contributed by atoms with Gasteiger partial charge < -0.3 is 15.3 Å². The van der Waals surface area contributed by atoms with Gasteiger partial charge in [0.15, 0.2) is 0 Å². The van der Waals surface area contributed by atoms with Crippen LogP contribution in [0.15, 0.2) is 77.7 Å². The number of nitrogens with one attached hydrogen (secondary N) is 2. The molecular formula is C32H38FN3O6S2. The fraction of sp³-hybridized carbons (Fsp3) is 0.344. The Kier molecular flexibility index (Phi) is 12.9. The summed E-state index contributed by atoms with van der Waals surface area (Å²) in [4.78, 5) is 38.6. The molecule has 236 valence electrons. The summed E-state index contributed by atoms with van der Waals surface area (Å²) in [6.07, 6.45) is -0.457. The van der Waals surface area contributed by atoms with Crippen molar-refractivity contribution in [3.8, 4) is 11.1 Å². The molecule has 0 heterocycles. The zero-order valence-electron chi connectivity index (χ0n) is 24.7. The van der Waals surface area contributed by atoms with Crippen LogP contribution in [0.3, 0.4) is 0 Å². The van der Waals surface area contributed by atoms with E-state index in [0.717, 1.165) is 12.5 Å². The van der Waals surface area contributed by atoms with Gasteiger partial charge in [0, 0.05) is 42.9 Å². The maximum absolute atomic E-state index is 16.2. The number of hydrogen-bond acceptors (Lipinski definition) is 7. The van der Waals surface area contributed by atoms with E-state index in [1.165, 1.54) is 17.0 Å². The van der Waals surface area contributed by atoms with Crippen molar-refractivity contribution in [2.24, 2.45) is 5.92 Å². The molecule has 0 aliphatic carbocycles. The standard InChI is InChI=1S/C32H38FN3O6S2/c1-3-10-28(38)36(18-17-34-32(40)26(21-43)19-23-11-6-4-7-12-23)20-25-15-16-27(24-13-8-5-9-14-24)30(29(25)33)44(41,42)35-31(39)22(2)37/h4-9,11-16,22,26,37,43H,3,10,17-21H2,1-2H3,(H,34,40)(H,35,39)/t22-,26+/m0/s1. The molecule has 9 nitrogen and oxygen atoms in total. The van der Waals surface area contributed by atoms with Crippen molar-refractivity contribution in [2.75, 3.05) is 18.8 Å². The van der Waals surface area contributed by atoms with Gasteiger partial charge in [-0.15, -0.1) is 0 Å². The SMILES string of the molecule is CCCC(=O)N(CCNC(=O)[C@@H](CS)Cc1ccccc1)Cc1ccc(-c2ccccc2)c(S(=O)(=O)NC(=O)[C@H](C)O)c1F. The molecule has 0 spiro atoms. The van der Waals surface area contributed by atoms with E-state index >= 15 is 4.39 Å². The molecule has 3 amide bonds.